The third-order valence-electron chi connectivity index (χ3n) is 3.64. The van der Waals surface area contributed by atoms with Crippen LogP contribution in [-0.4, -0.2) is 58.5 Å². The Morgan fingerprint density at radius 1 is 1.29 bits per heavy atom. The number of rotatable bonds is 4. The SMILES string of the molecule is CC(=O)N1CCCC(N(CC(=O)O)C2CC2)C1. The molecule has 0 bridgehead atoms. The van der Waals surface area contributed by atoms with E-state index in [0.717, 1.165) is 32.2 Å². The predicted molar refractivity (Wildman–Crippen MR) is 62.6 cm³/mol. The third kappa shape index (κ3) is 3.19. The first-order valence-electron chi connectivity index (χ1n) is 6.31. The molecule has 1 atom stereocenters. The first kappa shape index (κ1) is 12.4. The minimum absolute atomic E-state index is 0.0979. The summed E-state index contributed by atoms with van der Waals surface area (Å²) in [4.78, 5) is 26.2. The third-order valence-corrected chi connectivity index (χ3v) is 3.64. The van der Waals surface area contributed by atoms with Gasteiger partial charge in [-0.25, -0.2) is 0 Å². The van der Waals surface area contributed by atoms with E-state index in [-0.39, 0.29) is 18.5 Å². The van der Waals surface area contributed by atoms with E-state index in [9.17, 15) is 9.59 Å². The largest absolute Gasteiger partial charge is 0.480 e. The Morgan fingerprint density at radius 2 is 2.00 bits per heavy atom. The number of carbonyl (C=O) groups excluding carboxylic acids is 1. The Labute approximate surface area is 101 Å². The number of carboxylic acids is 1. The molecule has 0 spiro atoms. The number of hydrogen-bond donors (Lipinski definition) is 1. The van der Waals surface area contributed by atoms with Gasteiger partial charge in [0.05, 0.1) is 6.54 Å². The smallest absolute Gasteiger partial charge is 0.317 e. The molecule has 1 aliphatic heterocycles. The first-order valence-corrected chi connectivity index (χ1v) is 6.31. The molecule has 17 heavy (non-hydrogen) atoms. The Kier molecular flexibility index (Phi) is 3.66. The van der Waals surface area contributed by atoms with Gasteiger partial charge in [-0.2, -0.15) is 0 Å². The minimum Gasteiger partial charge on any atom is -0.480 e. The lowest BCUT2D eigenvalue weighted by atomic mass is 10.0. The number of amides is 1. The molecule has 1 aliphatic carbocycles. The monoisotopic (exact) mass is 240 g/mol. The number of piperidine rings is 1. The highest BCUT2D eigenvalue weighted by molar-refractivity contribution is 5.73. The molecule has 2 aliphatic rings. The Morgan fingerprint density at radius 3 is 2.53 bits per heavy atom. The number of carboxylic acid groups (broad SMARTS) is 1. The fourth-order valence-corrected chi connectivity index (χ4v) is 2.63. The Bertz CT molecular complexity index is 315. The summed E-state index contributed by atoms with van der Waals surface area (Å²) < 4.78 is 0. The number of nitrogens with zero attached hydrogens (tertiary/aromatic N) is 2. The van der Waals surface area contributed by atoms with Crippen molar-refractivity contribution in [1.29, 1.82) is 0 Å². The number of likely N-dealkylation sites (tertiary alicyclic amines) is 1. The van der Waals surface area contributed by atoms with Crippen LogP contribution in [0.3, 0.4) is 0 Å². The fourth-order valence-electron chi connectivity index (χ4n) is 2.63. The van der Waals surface area contributed by atoms with Gasteiger partial charge in [0.25, 0.3) is 0 Å². The minimum atomic E-state index is -0.767. The van der Waals surface area contributed by atoms with Crippen LogP contribution < -0.4 is 0 Å². The van der Waals surface area contributed by atoms with Crippen LogP contribution in [0.2, 0.25) is 0 Å². The molecule has 0 radical (unpaired) electrons. The highest BCUT2D eigenvalue weighted by Gasteiger charge is 2.37. The van der Waals surface area contributed by atoms with E-state index >= 15 is 0 Å². The molecule has 1 amide bonds. The van der Waals surface area contributed by atoms with Crippen LogP contribution in [0.4, 0.5) is 0 Å². The number of carbonyl (C=O) groups is 2. The van der Waals surface area contributed by atoms with Gasteiger partial charge >= 0.3 is 5.97 Å². The van der Waals surface area contributed by atoms with Crippen molar-refractivity contribution < 1.29 is 14.7 Å². The van der Waals surface area contributed by atoms with E-state index in [1.54, 1.807) is 6.92 Å². The maximum absolute atomic E-state index is 11.4. The normalized spacial score (nSPS) is 25.1. The standard InChI is InChI=1S/C12H20N2O3/c1-9(15)13-6-2-3-11(7-13)14(8-12(16)17)10-4-5-10/h10-11H,2-8H2,1H3,(H,16,17). The quantitative estimate of drug-likeness (QED) is 0.779. The Hall–Kier alpha value is -1.10. The van der Waals surface area contributed by atoms with E-state index in [1.807, 2.05) is 4.90 Å². The van der Waals surface area contributed by atoms with Crippen molar-refractivity contribution >= 4 is 11.9 Å². The zero-order chi connectivity index (χ0) is 12.4. The summed E-state index contributed by atoms with van der Waals surface area (Å²) in [5, 5.41) is 8.94. The molecule has 1 saturated heterocycles. The molecule has 0 aromatic heterocycles. The molecule has 2 fully saturated rings. The van der Waals surface area contributed by atoms with E-state index in [2.05, 4.69) is 4.90 Å². The van der Waals surface area contributed by atoms with Crippen molar-refractivity contribution in [3.05, 3.63) is 0 Å². The number of aliphatic carboxylic acids is 1. The summed E-state index contributed by atoms with van der Waals surface area (Å²) in [5.41, 5.74) is 0. The average Bonchev–Trinajstić information content (AvgIpc) is 3.09. The maximum Gasteiger partial charge on any atom is 0.317 e. The zero-order valence-corrected chi connectivity index (χ0v) is 10.3. The summed E-state index contributed by atoms with van der Waals surface area (Å²) in [6.07, 6.45) is 4.19. The van der Waals surface area contributed by atoms with Gasteiger partial charge in [-0.3, -0.25) is 14.5 Å². The summed E-state index contributed by atoms with van der Waals surface area (Å²) in [6, 6.07) is 0.666. The van der Waals surface area contributed by atoms with Gasteiger partial charge in [-0.15, -0.1) is 0 Å². The molecular formula is C12H20N2O3. The van der Waals surface area contributed by atoms with Crippen LogP contribution in [0, 0.1) is 0 Å². The zero-order valence-electron chi connectivity index (χ0n) is 10.3. The van der Waals surface area contributed by atoms with Gasteiger partial charge in [-0.05, 0) is 25.7 Å². The van der Waals surface area contributed by atoms with Crippen molar-refractivity contribution in [2.45, 2.75) is 44.7 Å². The van der Waals surface area contributed by atoms with Crippen molar-refractivity contribution in [1.82, 2.24) is 9.80 Å². The van der Waals surface area contributed by atoms with Gasteiger partial charge in [0, 0.05) is 32.1 Å². The fraction of sp³-hybridized carbons (Fsp3) is 0.833. The van der Waals surface area contributed by atoms with Crippen molar-refractivity contribution in [2.75, 3.05) is 19.6 Å². The number of hydrogen-bond acceptors (Lipinski definition) is 3. The molecule has 0 aromatic rings. The topological polar surface area (TPSA) is 60.9 Å². The molecule has 0 aromatic carbocycles. The molecule has 1 N–H and O–H groups in total. The van der Waals surface area contributed by atoms with Crippen LogP contribution in [-0.2, 0) is 9.59 Å². The van der Waals surface area contributed by atoms with E-state index < -0.39 is 5.97 Å². The van der Waals surface area contributed by atoms with Gasteiger partial charge in [0.2, 0.25) is 5.91 Å². The second-order valence-electron chi connectivity index (χ2n) is 5.06. The van der Waals surface area contributed by atoms with Crippen molar-refractivity contribution in [3.63, 3.8) is 0 Å². The molecule has 96 valence electrons. The van der Waals surface area contributed by atoms with Crippen LogP contribution in [0.5, 0.6) is 0 Å². The molecule has 5 nitrogen and oxygen atoms in total. The van der Waals surface area contributed by atoms with Crippen LogP contribution in [0.15, 0.2) is 0 Å². The van der Waals surface area contributed by atoms with Crippen molar-refractivity contribution in [3.8, 4) is 0 Å². The Balaban J connectivity index is 1.97. The van der Waals surface area contributed by atoms with Gasteiger partial charge in [0.1, 0.15) is 0 Å². The van der Waals surface area contributed by atoms with Gasteiger partial charge < -0.3 is 10.0 Å². The average molecular weight is 240 g/mol. The second kappa shape index (κ2) is 5.04. The summed E-state index contributed by atoms with van der Waals surface area (Å²) >= 11 is 0. The lowest BCUT2D eigenvalue weighted by molar-refractivity contribution is -0.139. The molecule has 1 heterocycles. The highest BCUT2D eigenvalue weighted by atomic mass is 16.4. The summed E-state index contributed by atoms with van der Waals surface area (Å²) in [5.74, 6) is -0.669. The highest BCUT2D eigenvalue weighted by Crippen LogP contribution is 2.31. The summed E-state index contributed by atoms with van der Waals surface area (Å²) in [6.45, 7) is 3.21. The van der Waals surface area contributed by atoms with E-state index in [4.69, 9.17) is 5.11 Å². The van der Waals surface area contributed by atoms with Crippen molar-refractivity contribution in [2.24, 2.45) is 0 Å². The lowest BCUT2D eigenvalue weighted by Gasteiger charge is -2.38. The predicted octanol–water partition coefficient (Wildman–Crippen LogP) is 0.546. The van der Waals surface area contributed by atoms with E-state index in [0.29, 0.717) is 12.6 Å². The molecule has 1 saturated carbocycles. The summed E-state index contributed by atoms with van der Waals surface area (Å²) in [7, 11) is 0. The van der Waals surface area contributed by atoms with Gasteiger partial charge in [0.15, 0.2) is 0 Å². The van der Waals surface area contributed by atoms with Crippen LogP contribution in [0.1, 0.15) is 32.6 Å². The molecule has 5 heteroatoms. The first-order chi connectivity index (χ1) is 8.08. The van der Waals surface area contributed by atoms with Crippen LogP contribution in [0.25, 0.3) is 0 Å². The second-order valence-corrected chi connectivity index (χ2v) is 5.06. The van der Waals surface area contributed by atoms with Gasteiger partial charge in [-0.1, -0.05) is 0 Å². The molecule has 1 unspecified atom stereocenters. The lowest BCUT2D eigenvalue weighted by Crippen LogP contribution is -2.51. The molecule has 2 rings (SSSR count). The van der Waals surface area contributed by atoms with Crippen LogP contribution >= 0.6 is 0 Å². The maximum atomic E-state index is 11.4. The molecular weight excluding hydrogens is 220 g/mol. The van der Waals surface area contributed by atoms with E-state index in [1.165, 1.54) is 0 Å².